The van der Waals surface area contributed by atoms with E-state index in [-0.39, 0.29) is 16.5 Å². The normalized spacial score (nSPS) is 12.7. The van der Waals surface area contributed by atoms with Gasteiger partial charge in [0, 0.05) is 16.9 Å². The highest BCUT2D eigenvalue weighted by atomic mass is 28.4. The van der Waals surface area contributed by atoms with Gasteiger partial charge in [0.05, 0.1) is 23.7 Å². The van der Waals surface area contributed by atoms with Crippen LogP contribution in [0.15, 0.2) is 72.8 Å². The van der Waals surface area contributed by atoms with Crippen molar-refractivity contribution in [1.82, 2.24) is 9.78 Å². The molecule has 2 amide bonds. The molecule has 4 rings (SSSR count). The zero-order chi connectivity index (χ0) is 30.0. The van der Waals surface area contributed by atoms with Gasteiger partial charge >= 0.3 is 6.03 Å². The summed E-state index contributed by atoms with van der Waals surface area (Å²) in [5.74, 6) is 0.613. The van der Waals surface area contributed by atoms with Gasteiger partial charge in [-0.2, -0.15) is 5.10 Å². The Hall–Kier alpha value is -3.68. The van der Waals surface area contributed by atoms with E-state index in [1.54, 1.807) is 4.68 Å². The van der Waals surface area contributed by atoms with Gasteiger partial charge in [-0.25, -0.2) is 9.48 Å². The minimum Gasteiger partial charge on any atom is -0.413 e. The third kappa shape index (κ3) is 7.15. The van der Waals surface area contributed by atoms with Crippen LogP contribution in [-0.4, -0.2) is 30.7 Å². The highest BCUT2D eigenvalue weighted by Gasteiger charge is 2.36. The van der Waals surface area contributed by atoms with E-state index in [0.717, 1.165) is 39.0 Å². The Morgan fingerprint density at radius 1 is 0.927 bits per heavy atom. The van der Waals surface area contributed by atoms with Crippen molar-refractivity contribution in [2.75, 3.05) is 17.2 Å². The minimum atomic E-state index is -1.81. The van der Waals surface area contributed by atoms with E-state index in [0.29, 0.717) is 12.4 Å². The fraction of sp³-hybridized carbons (Fsp3) is 0.353. The Labute approximate surface area is 245 Å². The Kier molecular flexibility index (Phi) is 8.61. The molecule has 0 fully saturated rings. The van der Waals surface area contributed by atoms with Crippen LogP contribution in [0.2, 0.25) is 18.1 Å². The number of carbonyl (C=O) groups excluding carboxylic acids is 1. The maximum absolute atomic E-state index is 13.3. The first-order chi connectivity index (χ1) is 19.2. The monoisotopic (exact) mass is 568 g/mol. The zero-order valence-electron chi connectivity index (χ0n) is 25.9. The van der Waals surface area contributed by atoms with Crippen LogP contribution < -0.4 is 10.6 Å². The number of anilines is 2. The molecule has 0 spiro atoms. The lowest BCUT2D eigenvalue weighted by Crippen LogP contribution is -2.40. The second-order valence-corrected chi connectivity index (χ2v) is 18.0. The Balaban J connectivity index is 1.55. The standard InChI is InChI=1S/C34H44N4O2Si/c1-24-16-19-26(20-17-24)38-31(23-30(37-38)33(2,3)4)36-32(39)35-29-21-18-25(27-14-10-11-15-28(27)29)13-12-22-40-41(8,9)34(5,6)7/h10-21,23H,22H2,1-9H3,(H2,35,36,39). The van der Waals surface area contributed by atoms with Crippen LogP contribution in [0.5, 0.6) is 0 Å². The van der Waals surface area contributed by atoms with Gasteiger partial charge in [0.2, 0.25) is 0 Å². The van der Waals surface area contributed by atoms with Gasteiger partial charge in [0.15, 0.2) is 8.32 Å². The van der Waals surface area contributed by atoms with Crippen molar-refractivity contribution in [3.05, 3.63) is 89.6 Å². The first-order valence-corrected chi connectivity index (χ1v) is 17.1. The van der Waals surface area contributed by atoms with Crippen molar-refractivity contribution >= 4 is 42.7 Å². The summed E-state index contributed by atoms with van der Waals surface area (Å²) in [5.41, 5.74) is 4.60. The van der Waals surface area contributed by atoms with E-state index in [1.165, 1.54) is 0 Å². The second-order valence-electron chi connectivity index (χ2n) is 13.2. The second kappa shape index (κ2) is 11.7. The van der Waals surface area contributed by atoms with Crippen LogP contribution in [0.4, 0.5) is 16.3 Å². The summed E-state index contributed by atoms with van der Waals surface area (Å²) in [4.78, 5) is 13.3. The molecule has 2 N–H and O–H groups in total. The van der Waals surface area contributed by atoms with Gasteiger partial charge < -0.3 is 9.74 Å². The number of hydrogen-bond acceptors (Lipinski definition) is 3. The van der Waals surface area contributed by atoms with E-state index in [4.69, 9.17) is 9.52 Å². The largest absolute Gasteiger partial charge is 0.413 e. The molecule has 4 aromatic rings. The number of benzene rings is 3. The Bertz CT molecular complexity index is 1550. The number of carbonyl (C=O) groups is 1. The molecule has 216 valence electrons. The molecule has 7 heteroatoms. The number of hydrogen-bond donors (Lipinski definition) is 2. The van der Waals surface area contributed by atoms with Crippen LogP contribution in [0.1, 0.15) is 58.4 Å². The number of aryl methyl sites for hydroxylation is 1. The topological polar surface area (TPSA) is 68.2 Å². The molecular formula is C34H44N4O2Si. The summed E-state index contributed by atoms with van der Waals surface area (Å²) in [5, 5.41) is 13.1. The molecule has 0 atom stereocenters. The van der Waals surface area contributed by atoms with Gasteiger partial charge in [-0.05, 0) is 54.2 Å². The highest BCUT2D eigenvalue weighted by molar-refractivity contribution is 6.74. The third-order valence-corrected chi connectivity index (χ3v) is 12.3. The van der Waals surface area contributed by atoms with Gasteiger partial charge in [0.1, 0.15) is 5.82 Å². The van der Waals surface area contributed by atoms with Crippen molar-refractivity contribution in [3.8, 4) is 5.69 Å². The molecule has 0 aliphatic carbocycles. The molecule has 0 bridgehead atoms. The number of urea groups is 1. The summed E-state index contributed by atoms with van der Waals surface area (Å²) < 4.78 is 8.10. The van der Waals surface area contributed by atoms with Crippen molar-refractivity contribution in [3.63, 3.8) is 0 Å². The van der Waals surface area contributed by atoms with E-state index >= 15 is 0 Å². The molecule has 41 heavy (non-hydrogen) atoms. The average molecular weight is 569 g/mol. The van der Waals surface area contributed by atoms with E-state index in [1.807, 2.05) is 60.7 Å². The number of nitrogens with one attached hydrogen (secondary N) is 2. The predicted octanol–water partition coefficient (Wildman–Crippen LogP) is 9.31. The van der Waals surface area contributed by atoms with Crippen LogP contribution in [-0.2, 0) is 9.84 Å². The smallest absolute Gasteiger partial charge is 0.324 e. The molecule has 6 nitrogen and oxygen atoms in total. The average Bonchev–Trinajstić information content (AvgIpc) is 3.31. The lowest BCUT2D eigenvalue weighted by molar-refractivity contribution is 0.262. The van der Waals surface area contributed by atoms with E-state index in [9.17, 15) is 4.79 Å². The van der Waals surface area contributed by atoms with E-state index < -0.39 is 8.32 Å². The summed E-state index contributed by atoms with van der Waals surface area (Å²) in [6, 6.07) is 21.8. The van der Waals surface area contributed by atoms with Crippen LogP contribution >= 0.6 is 0 Å². The molecule has 0 saturated heterocycles. The van der Waals surface area contributed by atoms with Gasteiger partial charge in [-0.3, -0.25) is 5.32 Å². The molecule has 0 aliphatic heterocycles. The zero-order valence-corrected chi connectivity index (χ0v) is 26.9. The Morgan fingerprint density at radius 3 is 2.22 bits per heavy atom. The lowest BCUT2D eigenvalue weighted by atomic mass is 9.92. The van der Waals surface area contributed by atoms with Crippen molar-refractivity contribution < 1.29 is 9.22 Å². The quantitative estimate of drug-likeness (QED) is 0.218. The van der Waals surface area contributed by atoms with Gasteiger partial charge in [-0.15, -0.1) is 0 Å². The maximum atomic E-state index is 13.3. The van der Waals surface area contributed by atoms with Crippen LogP contribution in [0.25, 0.3) is 22.5 Å². The first kappa shape index (κ1) is 30.3. The lowest BCUT2D eigenvalue weighted by Gasteiger charge is -2.35. The molecular weight excluding hydrogens is 524 g/mol. The summed E-state index contributed by atoms with van der Waals surface area (Å²) in [7, 11) is -1.81. The summed E-state index contributed by atoms with van der Waals surface area (Å²) in [6.07, 6.45) is 4.19. The van der Waals surface area contributed by atoms with Crippen LogP contribution in [0.3, 0.4) is 0 Å². The molecule has 0 saturated carbocycles. The molecule has 3 aromatic carbocycles. The molecule has 0 unspecified atom stereocenters. The summed E-state index contributed by atoms with van der Waals surface area (Å²) in [6.45, 7) is 20.2. The maximum Gasteiger partial charge on any atom is 0.324 e. The minimum absolute atomic E-state index is 0.169. The molecule has 0 radical (unpaired) electrons. The Morgan fingerprint density at radius 2 is 1.59 bits per heavy atom. The molecule has 0 aliphatic rings. The third-order valence-electron chi connectivity index (χ3n) is 7.85. The van der Waals surface area contributed by atoms with Crippen molar-refractivity contribution in [2.45, 2.75) is 72.0 Å². The number of fused-ring (bicyclic) bond motifs is 1. The predicted molar refractivity (Wildman–Crippen MR) is 176 cm³/mol. The fourth-order valence-electron chi connectivity index (χ4n) is 4.21. The number of amides is 2. The van der Waals surface area contributed by atoms with Gasteiger partial charge in [0.25, 0.3) is 0 Å². The number of nitrogens with zero attached hydrogens (tertiary/aromatic N) is 2. The SMILES string of the molecule is Cc1ccc(-n2nc(C(C)(C)C)cc2NC(=O)Nc2ccc(C=CCO[Si](C)(C)C(C)(C)C)c3ccccc23)cc1. The molecule has 1 heterocycles. The van der Waals surface area contributed by atoms with E-state index in [2.05, 4.69) is 90.4 Å². The van der Waals surface area contributed by atoms with Crippen molar-refractivity contribution in [2.24, 2.45) is 0 Å². The summed E-state index contributed by atoms with van der Waals surface area (Å²) >= 11 is 0. The molecule has 1 aromatic heterocycles. The first-order valence-electron chi connectivity index (χ1n) is 14.2. The number of aromatic nitrogens is 2. The van der Waals surface area contributed by atoms with Crippen molar-refractivity contribution in [1.29, 1.82) is 0 Å². The van der Waals surface area contributed by atoms with Crippen LogP contribution in [0, 0.1) is 6.92 Å². The van der Waals surface area contributed by atoms with Gasteiger partial charge in [-0.1, -0.05) is 102 Å². The fourth-order valence-corrected chi connectivity index (χ4v) is 5.16. The highest BCUT2D eigenvalue weighted by Crippen LogP contribution is 2.36. The number of rotatable bonds is 7.